The first-order valence-corrected chi connectivity index (χ1v) is 14.1. The molecule has 5 rings (SSSR count). The van der Waals surface area contributed by atoms with E-state index in [1.165, 1.54) is 12.1 Å². The zero-order chi connectivity index (χ0) is 28.9. The summed E-state index contributed by atoms with van der Waals surface area (Å²) >= 11 is 0. The maximum Gasteiger partial charge on any atom is 0.393 e. The smallest absolute Gasteiger partial charge is 0.393 e. The molecule has 2 fully saturated rings. The van der Waals surface area contributed by atoms with Gasteiger partial charge in [0.15, 0.2) is 6.29 Å². The predicted molar refractivity (Wildman–Crippen MR) is 143 cm³/mol. The lowest BCUT2D eigenvalue weighted by Gasteiger charge is -2.43. The van der Waals surface area contributed by atoms with Crippen LogP contribution < -0.4 is 10.7 Å². The number of aryl methyl sites for hydroxylation is 1. The van der Waals surface area contributed by atoms with E-state index in [0.717, 1.165) is 32.1 Å². The maximum atomic E-state index is 13.4. The molecule has 1 aliphatic carbocycles. The van der Waals surface area contributed by atoms with Gasteiger partial charge in [-0.25, -0.2) is 9.79 Å². The van der Waals surface area contributed by atoms with Gasteiger partial charge in [0.05, 0.1) is 12.0 Å². The molecular weight excluding hydrogens is 525 g/mol. The lowest BCUT2D eigenvalue weighted by atomic mass is 9.76. The highest BCUT2D eigenvalue weighted by Crippen LogP contribution is 2.46. The minimum Gasteiger partial charge on any atom is -0.512 e. The molecule has 40 heavy (non-hydrogen) atoms. The topological polar surface area (TPSA) is 106 Å². The van der Waals surface area contributed by atoms with Gasteiger partial charge < -0.3 is 20.4 Å². The SMILES string of the molecule is CC1CC(C)(C)NC2N=C(CC3=C(O)CC(CCc4ccc(O)c(CC(F)(F)F)c4)(C4CCCC4)OC3=O)NN12. The van der Waals surface area contributed by atoms with Crippen LogP contribution >= 0.6 is 0 Å². The Bertz CT molecular complexity index is 1210. The number of aliphatic imine (C=N–C) groups is 1. The van der Waals surface area contributed by atoms with E-state index in [9.17, 15) is 28.2 Å². The fraction of sp³-hybridized carbons (Fsp3) is 0.655. The second-order valence-electron chi connectivity index (χ2n) is 12.5. The van der Waals surface area contributed by atoms with E-state index >= 15 is 0 Å². The van der Waals surface area contributed by atoms with Crippen molar-refractivity contribution in [2.45, 2.75) is 115 Å². The lowest BCUT2D eigenvalue weighted by Crippen LogP contribution is -2.63. The number of halogens is 3. The van der Waals surface area contributed by atoms with E-state index < -0.39 is 29.9 Å². The number of carbonyl (C=O) groups is 1. The maximum absolute atomic E-state index is 13.4. The molecular formula is C29H39F3N4O4. The van der Waals surface area contributed by atoms with Crippen LogP contribution in [0.2, 0.25) is 0 Å². The summed E-state index contributed by atoms with van der Waals surface area (Å²) in [4.78, 5) is 18.1. The number of aliphatic hydroxyl groups excluding tert-OH is 1. The number of rotatable bonds is 7. The van der Waals surface area contributed by atoms with Crippen molar-refractivity contribution in [1.29, 1.82) is 0 Å². The first-order chi connectivity index (χ1) is 18.7. The summed E-state index contributed by atoms with van der Waals surface area (Å²) in [6, 6.07) is 4.46. The molecule has 1 aromatic rings. The number of cyclic esters (lactones) is 1. The number of esters is 1. The number of benzene rings is 1. The highest BCUT2D eigenvalue weighted by molar-refractivity contribution is 5.98. The van der Waals surface area contributed by atoms with Crippen LogP contribution in [-0.2, 0) is 22.4 Å². The van der Waals surface area contributed by atoms with Gasteiger partial charge in [-0.3, -0.25) is 5.32 Å². The molecule has 0 radical (unpaired) electrons. The number of hydrogen-bond acceptors (Lipinski definition) is 8. The van der Waals surface area contributed by atoms with Crippen LogP contribution in [0.3, 0.4) is 0 Å². The Hall–Kier alpha value is -2.79. The van der Waals surface area contributed by atoms with E-state index in [2.05, 4.69) is 31.5 Å². The molecule has 0 bridgehead atoms. The van der Waals surface area contributed by atoms with Gasteiger partial charge >= 0.3 is 12.1 Å². The summed E-state index contributed by atoms with van der Waals surface area (Å²) in [5.74, 6) is -0.351. The Morgan fingerprint density at radius 3 is 2.60 bits per heavy atom. The summed E-state index contributed by atoms with van der Waals surface area (Å²) in [7, 11) is 0. The third-order valence-electron chi connectivity index (χ3n) is 8.77. The molecule has 3 unspecified atom stereocenters. The Kier molecular flexibility index (Phi) is 7.58. The van der Waals surface area contributed by atoms with Crippen LogP contribution in [0, 0.1) is 5.92 Å². The van der Waals surface area contributed by atoms with Crippen molar-refractivity contribution in [1.82, 2.24) is 15.8 Å². The molecule has 3 atom stereocenters. The fourth-order valence-corrected chi connectivity index (χ4v) is 6.90. The highest BCUT2D eigenvalue weighted by atomic mass is 19.4. The Labute approximate surface area is 232 Å². The van der Waals surface area contributed by atoms with Gasteiger partial charge in [-0.2, -0.15) is 18.2 Å². The van der Waals surface area contributed by atoms with Gasteiger partial charge in [0.1, 0.15) is 22.9 Å². The number of ether oxygens (including phenoxy) is 1. The van der Waals surface area contributed by atoms with Crippen molar-refractivity contribution in [3.63, 3.8) is 0 Å². The average Bonchev–Trinajstić information content (AvgIpc) is 3.51. The molecule has 4 N–H and O–H groups in total. The van der Waals surface area contributed by atoms with E-state index in [1.54, 1.807) is 6.07 Å². The number of carbonyl (C=O) groups excluding carboxylic acids is 1. The van der Waals surface area contributed by atoms with Crippen molar-refractivity contribution in [3.05, 3.63) is 40.7 Å². The van der Waals surface area contributed by atoms with E-state index in [4.69, 9.17) is 9.73 Å². The normalized spacial score (nSPS) is 29.2. The summed E-state index contributed by atoms with van der Waals surface area (Å²) in [5.41, 5.74) is 2.88. The number of nitrogens with zero attached hydrogens (tertiary/aromatic N) is 2. The molecule has 0 amide bonds. The number of nitrogens with one attached hydrogen (secondary N) is 2. The molecule has 0 spiro atoms. The number of fused-ring (bicyclic) bond motifs is 1. The molecule has 8 nitrogen and oxygen atoms in total. The summed E-state index contributed by atoms with van der Waals surface area (Å²) in [5, 5.41) is 26.6. The Balaban J connectivity index is 1.33. The largest absolute Gasteiger partial charge is 0.512 e. The predicted octanol–water partition coefficient (Wildman–Crippen LogP) is 5.17. The quantitative estimate of drug-likeness (QED) is 0.339. The van der Waals surface area contributed by atoms with Crippen LogP contribution in [-0.4, -0.2) is 56.7 Å². The first kappa shape index (κ1) is 28.7. The number of phenols is 1. The molecule has 1 aromatic carbocycles. The standard InChI is InChI=1S/C29H39F3N4O4/c1-17-14-27(2,3)34-26-33-24(35-36(17)26)13-21-23(38)16-28(40-25(21)39,20-6-4-5-7-20)11-10-18-8-9-22(37)19(12-18)15-29(30,31)32/h8-9,12,17,20,26,34,37-38H,4-7,10-11,13-16H2,1-3H3,(H,33,35). The second-order valence-corrected chi connectivity index (χ2v) is 12.5. The highest BCUT2D eigenvalue weighted by Gasteiger charge is 2.49. The van der Waals surface area contributed by atoms with E-state index in [0.29, 0.717) is 24.2 Å². The average molecular weight is 565 g/mol. The zero-order valence-electron chi connectivity index (χ0n) is 23.3. The molecule has 1 saturated carbocycles. The van der Waals surface area contributed by atoms with Crippen molar-refractivity contribution >= 4 is 11.8 Å². The van der Waals surface area contributed by atoms with Crippen LogP contribution in [0.25, 0.3) is 0 Å². The van der Waals surface area contributed by atoms with Crippen LogP contribution in [0.15, 0.2) is 34.5 Å². The van der Waals surface area contributed by atoms with Crippen molar-refractivity contribution < 1.29 is 32.9 Å². The number of hydrogen-bond donors (Lipinski definition) is 4. The minimum absolute atomic E-state index is 0.0117. The molecule has 3 heterocycles. The minimum atomic E-state index is -4.44. The monoisotopic (exact) mass is 564 g/mol. The number of alkyl halides is 3. The molecule has 0 aromatic heterocycles. The Morgan fingerprint density at radius 2 is 1.93 bits per heavy atom. The van der Waals surface area contributed by atoms with Gasteiger partial charge in [0.25, 0.3) is 0 Å². The van der Waals surface area contributed by atoms with Crippen LogP contribution in [0.5, 0.6) is 5.75 Å². The van der Waals surface area contributed by atoms with Gasteiger partial charge in [0, 0.05) is 30.0 Å². The number of phenolic OH excluding ortho intramolecular Hbond substituents is 1. The van der Waals surface area contributed by atoms with Gasteiger partial charge in [-0.05, 0) is 70.4 Å². The second kappa shape index (κ2) is 10.6. The molecule has 11 heteroatoms. The number of aliphatic hydroxyl groups is 1. The fourth-order valence-electron chi connectivity index (χ4n) is 6.90. The van der Waals surface area contributed by atoms with Gasteiger partial charge in [-0.15, -0.1) is 0 Å². The van der Waals surface area contributed by atoms with Crippen molar-refractivity contribution in [2.24, 2.45) is 10.9 Å². The van der Waals surface area contributed by atoms with Gasteiger partial charge in [-0.1, -0.05) is 25.0 Å². The Morgan fingerprint density at radius 1 is 1.20 bits per heavy atom. The number of aromatic hydroxyl groups is 1. The molecule has 3 aliphatic heterocycles. The van der Waals surface area contributed by atoms with Crippen molar-refractivity contribution in [3.8, 4) is 5.75 Å². The zero-order valence-corrected chi connectivity index (χ0v) is 23.3. The third kappa shape index (κ3) is 6.10. The summed E-state index contributed by atoms with van der Waals surface area (Å²) in [6.45, 7) is 6.36. The molecule has 4 aliphatic rings. The lowest BCUT2D eigenvalue weighted by molar-refractivity contribution is -0.167. The first-order valence-electron chi connectivity index (χ1n) is 14.1. The van der Waals surface area contributed by atoms with E-state index in [1.807, 2.05) is 5.01 Å². The van der Waals surface area contributed by atoms with E-state index in [-0.39, 0.29) is 53.5 Å². The third-order valence-corrected chi connectivity index (χ3v) is 8.77. The summed E-state index contributed by atoms with van der Waals surface area (Å²) < 4.78 is 45.1. The molecule has 1 saturated heterocycles. The summed E-state index contributed by atoms with van der Waals surface area (Å²) in [6.07, 6.45) is -0.311. The van der Waals surface area contributed by atoms with Crippen LogP contribution in [0.1, 0.15) is 83.3 Å². The number of amidine groups is 1. The number of hydrazine groups is 1. The molecule has 220 valence electrons. The van der Waals surface area contributed by atoms with Gasteiger partial charge in [0.2, 0.25) is 0 Å². The van der Waals surface area contributed by atoms with Crippen molar-refractivity contribution in [2.75, 3.05) is 0 Å². The van der Waals surface area contributed by atoms with Crippen LogP contribution in [0.4, 0.5) is 13.2 Å².